The molecule has 0 fully saturated rings. The molecular formula is C37H34NO2+. The number of aromatic nitrogens is 1. The maximum Gasteiger partial charge on any atom is 0.205 e. The smallest absolute Gasteiger partial charge is 0.205 e. The maximum absolute atomic E-state index is 5.93. The molecule has 0 aliphatic rings. The number of nitrogens with zero attached hydrogens (tertiary/aromatic N) is 1. The van der Waals surface area contributed by atoms with Crippen LogP contribution in [0, 0.1) is 5.92 Å². The summed E-state index contributed by atoms with van der Waals surface area (Å²) in [5.74, 6) is 3.83. The lowest BCUT2D eigenvalue weighted by atomic mass is 10.1. The van der Waals surface area contributed by atoms with E-state index in [1.54, 1.807) is 0 Å². The molecule has 5 rings (SSSR count). The molecule has 0 unspecified atom stereocenters. The van der Waals surface area contributed by atoms with Gasteiger partial charge in [0.15, 0.2) is 6.54 Å². The Labute approximate surface area is 237 Å². The van der Waals surface area contributed by atoms with Gasteiger partial charge in [0.25, 0.3) is 0 Å². The lowest BCUT2D eigenvalue weighted by molar-refractivity contribution is -0.705. The summed E-state index contributed by atoms with van der Waals surface area (Å²) in [6.07, 6.45) is 8.67. The van der Waals surface area contributed by atoms with Crippen LogP contribution in [0.3, 0.4) is 0 Å². The van der Waals surface area contributed by atoms with Crippen molar-refractivity contribution in [3.8, 4) is 23.0 Å². The summed E-state index contributed by atoms with van der Waals surface area (Å²) in [5.41, 5.74) is 4.56. The fourth-order valence-corrected chi connectivity index (χ4v) is 4.35. The highest BCUT2D eigenvalue weighted by molar-refractivity contribution is 5.69. The summed E-state index contributed by atoms with van der Waals surface area (Å²) in [4.78, 5) is 0. The summed E-state index contributed by atoms with van der Waals surface area (Å²) in [5, 5.41) is 0. The zero-order valence-electron chi connectivity index (χ0n) is 23.0. The quantitative estimate of drug-likeness (QED) is 0.170. The molecule has 0 saturated carbocycles. The molecule has 4 aromatic carbocycles. The number of benzene rings is 4. The van der Waals surface area contributed by atoms with E-state index in [-0.39, 0.29) is 0 Å². The van der Waals surface area contributed by atoms with Gasteiger partial charge in [0, 0.05) is 30.2 Å². The zero-order valence-corrected chi connectivity index (χ0v) is 23.0. The fourth-order valence-electron chi connectivity index (χ4n) is 4.35. The molecule has 3 nitrogen and oxygen atoms in total. The molecule has 3 heteroatoms. The average molecular weight is 525 g/mol. The van der Waals surface area contributed by atoms with Crippen molar-refractivity contribution in [2.45, 2.75) is 20.4 Å². The van der Waals surface area contributed by atoms with Crippen molar-refractivity contribution < 1.29 is 14.0 Å². The van der Waals surface area contributed by atoms with Gasteiger partial charge in [-0.25, -0.2) is 0 Å². The van der Waals surface area contributed by atoms with Gasteiger partial charge in [-0.2, -0.15) is 4.57 Å². The van der Waals surface area contributed by atoms with Gasteiger partial charge in [0.05, 0.1) is 0 Å². The second-order valence-corrected chi connectivity index (χ2v) is 10.0. The van der Waals surface area contributed by atoms with Crippen molar-refractivity contribution in [3.05, 3.63) is 150 Å². The fraction of sp³-hybridized carbons (Fsp3) is 0.108. The molecule has 1 aromatic heterocycles. The molecule has 198 valence electrons. The van der Waals surface area contributed by atoms with Crippen LogP contribution in [0.4, 0.5) is 0 Å². The zero-order chi connectivity index (χ0) is 27.6. The minimum atomic E-state index is 0.510. The largest absolute Gasteiger partial charge is 0.457 e. The number of hydrogen-bond acceptors (Lipinski definition) is 2. The van der Waals surface area contributed by atoms with Crippen LogP contribution in [0.5, 0.6) is 23.0 Å². The molecule has 40 heavy (non-hydrogen) atoms. The standard InChI is InChI=1S/C37H34NO2/c1-29(2)28-38-32(22-16-30-18-24-36(25-19-30)39-34-12-5-3-6-13-34)10-9-11-33(38)23-17-31-20-26-37(27-21-31)40-35-14-7-4-8-15-35/h3-27,29H,28H2,1-2H3/q+1/b22-16+,23-17+. The highest BCUT2D eigenvalue weighted by atomic mass is 16.5. The van der Waals surface area contributed by atoms with Gasteiger partial charge in [-0.3, -0.25) is 0 Å². The summed E-state index contributed by atoms with van der Waals surface area (Å²) in [6, 6.07) is 42.5. The summed E-state index contributed by atoms with van der Waals surface area (Å²) < 4.78 is 14.2. The van der Waals surface area contributed by atoms with Crippen molar-refractivity contribution >= 4 is 24.3 Å². The van der Waals surface area contributed by atoms with E-state index in [4.69, 9.17) is 9.47 Å². The Balaban J connectivity index is 1.30. The average Bonchev–Trinajstić information content (AvgIpc) is 2.98. The Morgan fingerprint density at radius 1 is 0.475 bits per heavy atom. The molecule has 0 atom stereocenters. The first kappa shape index (κ1) is 26.7. The van der Waals surface area contributed by atoms with Crippen LogP contribution in [0.2, 0.25) is 0 Å². The number of hydrogen-bond donors (Lipinski definition) is 0. The summed E-state index contributed by atoms with van der Waals surface area (Å²) in [7, 11) is 0. The highest BCUT2D eigenvalue weighted by Gasteiger charge is 2.14. The third kappa shape index (κ3) is 7.58. The van der Waals surface area contributed by atoms with Crippen LogP contribution >= 0.6 is 0 Å². The molecule has 0 radical (unpaired) electrons. The Morgan fingerprint density at radius 3 is 1.27 bits per heavy atom. The van der Waals surface area contributed by atoms with Crippen LogP contribution in [-0.2, 0) is 6.54 Å². The SMILES string of the molecule is CC(C)C[n+]1c(/C=C/c2ccc(Oc3ccccc3)cc2)cccc1/C=C/c1ccc(Oc2ccccc2)cc1. The minimum Gasteiger partial charge on any atom is -0.457 e. The van der Waals surface area contributed by atoms with E-state index in [0.29, 0.717) is 5.92 Å². The normalized spacial score (nSPS) is 11.4. The first-order chi connectivity index (χ1) is 19.6. The predicted octanol–water partition coefficient (Wildman–Crippen LogP) is 9.56. The van der Waals surface area contributed by atoms with Gasteiger partial charge in [0.1, 0.15) is 23.0 Å². The molecule has 0 amide bonds. The molecule has 0 saturated heterocycles. The number of pyridine rings is 1. The second kappa shape index (κ2) is 13.3. The topological polar surface area (TPSA) is 22.3 Å². The lowest BCUT2D eigenvalue weighted by Crippen LogP contribution is -2.42. The van der Waals surface area contributed by atoms with E-state index in [1.807, 2.05) is 84.9 Å². The molecule has 0 N–H and O–H groups in total. The Bertz CT molecular complexity index is 1440. The van der Waals surface area contributed by atoms with Crippen molar-refractivity contribution in [3.63, 3.8) is 0 Å². The molecular weight excluding hydrogens is 490 g/mol. The van der Waals surface area contributed by atoms with Gasteiger partial charge >= 0.3 is 0 Å². The third-order valence-corrected chi connectivity index (χ3v) is 6.32. The van der Waals surface area contributed by atoms with Gasteiger partial charge in [-0.15, -0.1) is 0 Å². The molecule has 0 bridgehead atoms. The monoisotopic (exact) mass is 524 g/mol. The first-order valence-electron chi connectivity index (χ1n) is 13.7. The Morgan fingerprint density at radius 2 is 0.875 bits per heavy atom. The van der Waals surface area contributed by atoms with Crippen LogP contribution in [0.25, 0.3) is 24.3 Å². The number of ether oxygens (including phenoxy) is 2. The van der Waals surface area contributed by atoms with Crippen molar-refractivity contribution in [1.29, 1.82) is 0 Å². The van der Waals surface area contributed by atoms with E-state index in [2.05, 4.69) is 85.2 Å². The molecule has 0 spiro atoms. The molecule has 1 heterocycles. The maximum atomic E-state index is 5.93. The van der Waals surface area contributed by atoms with E-state index < -0.39 is 0 Å². The van der Waals surface area contributed by atoms with Crippen LogP contribution < -0.4 is 14.0 Å². The minimum absolute atomic E-state index is 0.510. The molecule has 0 aliphatic heterocycles. The Kier molecular flexibility index (Phi) is 8.85. The van der Waals surface area contributed by atoms with Gasteiger partial charge < -0.3 is 9.47 Å². The van der Waals surface area contributed by atoms with Gasteiger partial charge in [-0.1, -0.05) is 74.5 Å². The van der Waals surface area contributed by atoms with Crippen molar-refractivity contribution in [2.75, 3.05) is 0 Å². The lowest BCUT2D eigenvalue weighted by Gasteiger charge is -2.08. The predicted molar refractivity (Wildman–Crippen MR) is 165 cm³/mol. The highest BCUT2D eigenvalue weighted by Crippen LogP contribution is 2.23. The Hall–Kier alpha value is -4.89. The van der Waals surface area contributed by atoms with E-state index in [1.165, 1.54) is 0 Å². The van der Waals surface area contributed by atoms with Crippen LogP contribution in [-0.4, -0.2) is 0 Å². The van der Waals surface area contributed by atoms with E-state index >= 15 is 0 Å². The van der Waals surface area contributed by atoms with E-state index in [9.17, 15) is 0 Å². The molecule has 0 aliphatic carbocycles. The summed E-state index contributed by atoms with van der Waals surface area (Å²) in [6.45, 7) is 5.42. The van der Waals surface area contributed by atoms with Crippen molar-refractivity contribution in [1.82, 2.24) is 0 Å². The summed E-state index contributed by atoms with van der Waals surface area (Å²) >= 11 is 0. The van der Waals surface area contributed by atoms with Crippen LogP contribution in [0.1, 0.15) is 36.4 Å². The van der Waals surface area contributed by atoms with Crippen molar-refractivity contribution in [2.24, 2.45) is 5.92 Å². The van der Waals surface area contributed by atoms with Crippen LogP contribution in [0.15, 0.2) is 127 Å². The van der Waals surface area contributed by atoms with Gasteiger partial charge in [0.2, 0.25) is 11.4 Å². The second-order valence-electron chi connectivity index (χ2n) is 10.0. The third-order valence-electron chi connectivity index (χ3n) is 6.32. The number of para-hydroxylation sites is 2. The van der Waals surface area contributed by atoms with Gasteiger partial charge in [-0.05, 0) is 77.9 Å². The number of rotatable bonds is 10. The van der Waals surface area contributed by atoms with E-state index in [0.717, 1.165) is 52.1 Å². The first-order valence-corrected chi connectivity index (χ1v) is 13.7. The molecule has 5 aromatic rings.